The highest BCUT2D eigenvalue weighted by Crippen LogP contribution is 2.17. The number of nitrogens with one attached hydrogen (secondary N) is 2. The number of hydrogen-bond acceptors (Lipinski definition) is 4. The molecule has 2 N–H and O–H groups in total. The Balaban J connectivity index is 1.55. The Morgan fingerprint density at radius 1 is 1.25 bits per heavy atom. The maximum Gasteiger partial charge on any atom is 0.252 e. The first-order valence-corrected chi connectivity index (χ1v) is 8.74. The molecule has 24 heavy (non-hydrogen) atoms. The van der Waals surface area contributed by atoms with Crippen LogP contribution in [0.15, 0.2) is 41.2 Å². The second kappa shape index (κ2) is 7.62. The topological polar surface area (TPSA) is 61.0 Å². The molecule has 0 aliphatic carbocycles. The number of aromatic nitrogens is 2. The van der Waals surface area contributed by atoms with Crippen LogP contribution >= 0.6 is 0 Å². The second-order valence-corrected chi connectivity index (χ2v) is 6.85. The molecule has 5 heteroatoms. The Hall–Kier alpha value is -2.14. The Labute approximate surface area is 143 Å². The Morgan fingerprint density at radius 3 is 2.62 bits per heavy atom. The molecule has 128 valence electrons. The number of hydrogen-bond donors (Lipinski definition) is 2. The lowest BCUT2D eigenvalue weighted by atomic mass is 10.0. The van der Waals surface area contributed by atoms with E-state index in [-0.39, 0.29) is 11.5 Å². The molecule has 0 saturated carbocycles. The minimum Gasteiger partial charge on any atom is -0.353 e. The van der Waals surface area contributed by atoms with Crippen LogP contribution in [0.25, 0.3) is 0 Å². The van der Waals surface area contributed by atoms with Crippen LogP contribution in [0.2, 0.25) is 0 Å². The minimum absolute atomic E-state index is 0.0855. The van der Waals surface area contributed by atoms with Gasteiger partial charge in [0.2, 0.25) is 5.95 Å². The number of piperidine rings is 1. The van der Waals surface area contributed by atoms with E-state index in [1.165, 1.54) is 5.56 Å². The van der Waals surface area contributed by atoms with E-state index in [1.807, 2.05) is 13.8 Å². The molecule has 0 atom stereocenters. The minimum atomic E-state index is -0.0855. The summed E-state index contributed by atoms with van der Waals surface area (Å²) in [5, 5.41) is 3.41. The fourth-order valence-corrected chi connectivity index (χ4v) is 3.11. The number of aromatic amines is 1. The van der Waals surface area contributed by atoms with Gasteiger partial charge >= 0.3 is 0 Å². The molecule has 1 aliphatic rings. The monoisotopic (exact) mass is 326 g/mol. The summed E-state index contributed by atoms with van der Waals surface area (Å²) in [6.45, 7) is 7.22. The van der Waals surface area contributed by atoms with Crippen LogP contribution < -0.4 is 10.9 Å². The highest BCUT2D eigenvalue weighted by molar-refractivity contribution is 5.28. The van der Waals surface area contributed by atoms with Gasteiger partial charge in [-0.3, -0.25) is 14.7 Å². The third kappa shape index (κ3) is 4.45. The summed E-state index contributed by atoms with van der Waals surface area (Å²) in [6.07, 6.45) is 2.12. The van der Waals surface area contributed by atoms with Crippen LogP contribution in [0.5, 0.6) is 0 Å². The average molecular weight is 326 g/mol. The van der Waals surface area contributed by atoms with Gasteiger partial charge in [-0.25, -0.2) is 4.98 Å². The summed E-state index contributed by atoms with van der Waals surface area (Å²) >= 11 is 0. The fraction of sp³-hybridized carbons (Fsp3) is 0.474. The van der Waals surface area contributed by atoms with Crippen LogP contribution in [0, 0.1) is 0 Å². The van der Waals surface area contributed by atoms with Gasteiger partial charge in [0, 0.05) is 31.7 Å². The van der Waals surface area contributed by atoms with Crippen LogP contribution in [0.4, 0.5) is 5.95 Å². The zero-order valence-electron chi connectivity index (χ0n) is 14.5. The lowest BCUT2D eigenvalue weighted by Gasteiger charge is -2.32. The van der Waals surface area contributed by atoms with E-state index in [9.17, 15) is 4.79 Å². The second-order valence-electron chi connectivity index (χ2n) is 6.85. The quantitative estimate of drug-likeness (QED) is 0.887. The smallest absolute Gasteiger partial charge is 0.252 e. The average Bonchev–Trinajstić information content (AvgIpc) is 2.57. The van der Waals surface area contributed by atoms with Crippen LogP contribution in [-0.2, 0) is 6.54 Å². The predicted molar refractivity (Wildman–Crippen MR) is 97.3 cm³/mol. The maximum absolute atomic E-state index is 11.8. The molecular weight excluding hydrogens is 300 g/mol. The first kappa shape index (κ1) is 16.7. The highest BCUT2D eigenvalue weighted by atomic mass is 16.1. The van der Waals surface area contributed by atoms with E-state index < -0.39 is 0 Å². The molecule has 1 aromatic heterocycles. The standard InChI is InChI=1S/C19H26N4O/c1-14(2)17-12-18(24)22-19(21-17)20-16-8-10-23(11-9-16)13-15-6-4-3-5-7-15/h3-7,12,14,16H,8-11,13H2,1-2H3,(H2,20,21,22,24). The number of rotatable bonds is 5. The largest absolute Gasteiger partial charge is 0.353 e. The molecule has 0 bridgehead atoms. The van der Waals surface area contributed by atoms with E-state index in [0.717, 1.165) is 38.2 Å². The number of likely N-dealkylation sites (tertiary alicyclic amines) is 1. The van der Waals surface area contributed by atoms with Gasteiger partial charge in [0.25, 0.3) is 5.56 Å². The van der Waals surface area contributed by atoms with E-state index in [4.69, 9.17) is 0 Å². The van der Waals surface area contributed by atoms with E-state index in [2.05, 4.69) is 50.5 Å². The van der Waals surface area contributed by atoms with Gasteiger partial charge in [-0.2, -0.15) is 0 Å². The zero-order chi connectivity index (χ0) is 16.9. The Morgan fingerprint density at radius 2 is 1.96 bits per heavy atom. The molecule has 1 aliphatic heterocycles. The molecule has 5 nitrogen and oxygen atoms in total. The summed E-state index contributed by atoms with van der Waals surface area (Å²) in [7, 11) is 0. The lowest BCUT2D eigenvalue weighted by Crippen LogP contribution is -2.39. The molecule has 1 fully saturated rings. The summed E-state index contributed by atoms with van der Waals surface area (Å²) in [5.74, 6) is 0.855. The van der Waals surface area contributed by atoms with Crippen molar-refractivity contribution in [3.8, 4) is 0 Å². The number of benzene rings is 1. The van der Waals surface area contributed by atoms with Gasteiger partial charge < -0.3 is 5.32 Å². The molecule has 1 aromatic carbocycles. The fourth-order valence-electron chi connectivity index (χ4n) is 3.11. The summed E-state index contributed by atoms with van der Waals surface area (Å²) in [6, 6.07) is 12.5. The summed E-state index contributed by atoms with van der Waals surface area (Å²) in [4.78, 5) is 21.6. The highest BCUT2D eigenvalue weighted by Gasteiger charge is 2.20. The normalized spacial score (nSPS) is 16.5. The van der Waals surface area contributed by atoms with Crippen molar-refractivity contribution in [1.29, 1.82) is 0 Å². The SMILES string of the molecule is CC(C)c1cc(=O)[nH]c(NC2CCN(Cc3ccccc3)CC2)n1. The number of anilines is 1. The van der Waals surface area contributed by atoms with Crippen molar-refractivity contribution in [2.75, 3.05) is 18.4 Å². The van der Waals surface area contributed by atoms with Crippen molar-refractivity contribution in [2.45, 2.75) is 45.2 Å². The Bertz CT molecular complexity index is 703. The van der Waals surface area contributed by atoms with E-state index in [1.54, 1.807) is 6.07 Å². The van der Waals surface area contributed by atoms with Crippen molar-refractivity contribution in [2.24, 2.45) is 0 Å². The van der Waals surface area contributed by atoms with Gasteiger partial charge in [0.15, 0.2) is 0 Å². The van der Waals surface area contributed by atoms with Gasteiger partial charge in [-0.05, 0) is 24.3 Å². The predicted octanol–water partition coefficient (Wildman–Crippen LogP) is 2.97. The van der Waals surface area contributed by atoms with Gasteiger partial charge in [-0.15, -0.1) is 0 Å². The first-order valence-electron chi connectivity index (χ1n) is 8.74. The molecule has 0 unspecified atom stereocenters. The zero-order valence-corrected chi connectivity index (χ0v) is 14.5. The third-order valence-electron chi connectivity index (χ3n) is 4.53. The van der Waals surface area contributed by atoms with Crippen LogP contribution in [-0.4, -0.2) is 34.0 Å². The van der Waals surface area contributed by atoms with Crippen molar-refractivity contribution >= 4 is 5.95 Å². The molecular formula is C19H26N4O. The molecule has 3 rings (SSSR count). The van der Waals surface area contributed by atoms with Gasteiger partial charge in [0.1, 0.15) is 0 Å². The molecule has 2 heterocycles. The maximum atomic E-state index is 11.8. The summed E-state index contributed by atoms with van der Waals surface area (Å²) < 4.78 is 0. The van der Waals surface area contributed by atoms with Crippen molar-refractivity contribution in [3.63, 3.8) is 0 Å². The molecule has 0 spiro atoms. The lowest BCUT2D eigenvalue weighted by molar-refractivity contribution is 0.211. The number of nitrogens with zero attached hydrogens (tertiary/aromatic N) is 2. The van der Waals surface area contributed by atoms with Gasteiger partial charge in [-0.1, -0.05) is 44.2 Å². The molecule has 2 aromatic rings. The Kier molecular flexibility index (Phi) is 5.30. The number of H-pyrrole nitrogens is 1. The van der Waals surface area contributed by atoms with Crippen molar-refractivity contribution in [1.82, 2.24) is 14.9 Å². The van der Waals surface area contributed by atoms with E-state index >= 15 is 0 Å². The van der Waals surface area contributed by atoms with Crippen LogP contribution in [0.1, 0.15) is 43.9 Å². The van der Waals surface area contributed by atoms with Gasteiger partial charge in [0.05, 0.1) is 5.69 Å². The molecule has 0 radical (unpaired) electrons. The molecule has 1 saturated heterocycles. The van der Waals surface area contributed by atoms with Crippen molar-refractivity contribution < 1.29 is 0 Å². The summed E-state index contributed by atoms with van der Waals surface area (Å²) in [5.41, 5.74) is 2.11. The van der Waals surface area contributed by atoms with Crippen molar-refractivity contribution in [3.05, 3.63) is 58.0 Å². The third-order valence-corrected chi connectivity index (χ3v) is 4.53. The first-order chi connectivity index (χ1) is 11.6. The van der Waals surface area contributed by atoms with E-state index in [0.29, 0.717) is 12.0 Å². The van der Waals surface area contributed by atoms with Crippen LogP contribution in [0.3, 0.4) is 0 Å². The molecule has 0 amide bonds.